The van der Waals surface area contributed by atoms with Crippen LogP contribution in [0.3, 0.4) is 0 Å². The Bertz CT molecular complexity index is 1020. The summed E-state index contributed by atoms with van der Waals surface area (Å²) in [5.74, 6) is -0.116. The van der Waals surface area contributed by atoms with Crippen LogP contribution in [0.25, 0.3) is 10.9 Å². The van der Waals surface area contributed by atoms with E-state index in [1.165, 1.54) is 0 Å². The molecule has 0 aliphatic carbocycles. The number of hydrogen-bond donors (Lipinski definition) is 1. The third-order valence-electron chi connectivity index (χ3n) is 6.04. The van der Waals surface area contributed by atoms with Crippen molar-refractivity contribution in [1.82, 2.24) is 14.5 Å². The van der Waals surface area contributed by atoms with Gasteiger partial charge in [-0.05, 0) is 49.4 Å². The standard InChI is InChI=1S/C24H29N3O3/c1-26-14-6-10-22(26)24(29)27-15-5-4-7-19(27)13-16-30-23(28)12-11-18-17-25-21-9-3-2-8-20(18)21/h2-3,6,8-10,14,17,19,25H,4-5,7,11-13,15-16H2,1H3. The number of hydrogen-bond acceptors (Lipinski definition) is 3. The van der Waals surface area contributed by atoms with Gasteiger partial charge in [0, 0.05) is 55.8 Å². The highest BCUT2D eigenvalue weighted by Crippen LogP contribution is 2.23. The smallest absolute Gasteiger partial charge is 0.306 e. The Morgan fingerprint density at radius 2 is 2.03 bits per heavy atom. The molecule has 1 fully saturated rings. The second-order valence-electron chi connectivity index (χ2n) is 8.02. The molecular weight excluding hydrogens is 378 g/mol. The van der Waals surface area contributed by atoms with E-state index in [0.29, 0.717) is 31.6 Å². The third kappa shape index (κ3) is 4.42. The second-order valence-corrected chi connectivity index (χ2v) is 8.02. The lowest BCUT2D eigenvalue weighted by Crippen LogP contribution is -2.44. The van der Waals surface area contributed by atoms with E-state index in [-0.39, 0.29) is 17.9 Å². The van der Waals surface area contributed by atoms with E-state index in [0.717, 1.165) is 42.3 Å². The summed E-state index contributed by atoms with van der Waals surface area (Å²) >= 11 is 0. The second kappa shape index (κ2) is 9.20. The van der Waals surface area contributed by atoms with Crippen molar-refractivity contribution < 1.29 is 14.3 Å². The van der Waals surface area contributed by atoms with Crippen molar-refractivity contribution in [1.29, 1.82) is 0 Å². The van der Waals surface area contributed by atoms with E-state index in [4.69, 9.17) is 4.74 Å². The summed E-state index contributed by atoms with van der Waals surface area (Å²) in [4.78, 5) is 30.4. The lowest BCUT2D eigenvalue weighted by Gasteiger charge is -2.35. The quantitative estimate of drug-likeness (QED) is 0.601. The van der Waals surface area contributed by atoms with Gasteiger partial charge in [0.2, 0.25) is 0 Å². The fraction of sp³-hybridized carbons (Fsp3) is 0.417. The Balaban J connectivity index is 1.26. The molecule has 1 aliphatic rings. The molecule has 6 nitrogen and oxygen atoms in total. The van der Waals surface area contributed by atoms with Gasteiger partial charge in [0.15, 0.2) is 0 Å². The molecule has 1 amide bonds. The number of likely N-dealkylation sites (tertiary alicyclic amines) is 1. The summed E-state index contributed by atoms with van der Waals surface area (Å²) in [5, 5.41) is 1.15. The van der Waals surface area contributed by atoms with E-state index in [1.54, 1.807) is 0 Å². The van der Waals surface area contributed by atoms with Crippen LogP contribution in [0.15, 0.2) is 48.8 Å². The predicted octanol–water partition coefficient (Wildman–Crippen LogP) is 4.07. The molecule has 0 bridgehead atoms. The van der Waals surface area contributed by atoms with Crippen molar-refractivity contribution in [3.05, 3.63) is 60.0 Å². The minimum atomic E-state index is -0.184. The highest BCUT2D eigenvalue weighted by molar-refractivity contribution is 5.93. The number of rotatable bonds is 7. The van der Waals surface area contributed by atoms with Crippen LogP contribution in [0.4, 0.5) is 0 Å². The Kier molecular flexibility index (Phi) is 6.21. The number of esters is 1. The molecule has 6 heteroatoms. The normalized spacial score (nSPS) is 16.7. The number of amides is 1. The number of H-pyrrole nitrogens is 1. The summed E-state index contributed by atoms with van der Waals surface area (Å²) < 4.78 is 7.37. The summed E-state index contributed by atoms with van der Waals surface area (Å²) in [7, 11) is 1.89. The maximum atomic E-state index is 12.9. The van der Waals surface area contributed by atoms with Crippen LogP contribution in [-0.4, -0.2) is 45.5 Å². The summed E-state index contributed by atoms with van der Waals surface area (Å²) in [5.41, 5.74) is 2.92. The SMILES string of the molecule is Cn1cccc1C(=O)N1CCCCC1CCOC(=O)CCc1c[nH]c2ccccc12. The number of piperidine rings is 1. The summed E-state index contributed by atoms with van der Waals surface area (Å²) in [6.07, 6.45) is 8.66. The molecule has 1 unspecified atom stereocenters. The van der Waals surface area contributed by atoms with Gasteiger partial charge < -0.3 is 19.2 Å². The van der Waals surface area contributed by atoms with E-state index in [2.05, 4.69) is 11.1 Å². The van der Waals surface area contributed by atoms with Crippen LogP contribution in [0.1, 0.15) is 48.2 Å². The molecule has 1 atom stereocenters. The molecule has 1 aliphatic heterocycles. The number of ether oxygens (including phenoxy) is 1. The van der Waals surface area contributed by atoms with Crippen LogP contribution in [-0.2, 0) is 23.0 Å². The van der Waals surface area contributed by atoms with Gasteiger partial charge >= 0.3 is 5.97 Å². The number of benzene rings is 1. The molecule has 2 aromatic heterocycles. The number of nitrogens with one attached hydrogen (secondary N) is 1. The maximum Gasteiger partial charge on any atom is 0.306 e. The highest BCUT2D eigenvalue weighted by atomic mass is 16.5. The molecule has 3 aromatic rings. The van der Waals surface area contributed by atoms with Gasteiger partial charge in [-0.2, -0.15) is 0 Å². The van der Waals surface area contributed by atoms with E-state index >= 15 is 0 Å². The van der Waals surface area contributed by atoms with Crippen LogP contribution in [0.5, 0.6) is 0 Å². The number of aryl methyl sites for hydroxylation is 2. The minimum Gasteiger partial charge on any atom is -0.466 e. The molecule has 4 rings (SSSR count). The minimum absolute atomic E-state index is 0.0675. The Hall–Kier alpha value is -3.02. The van der Waals surface area contributed by atoms with Gasteiger partial charge in [0.1, 0.15) is 5.69 Å². The molecule has 1 N–H and O–H groups in total. The van der Waals surface area contributed by atoms with Crippen LogP contribution < -0.4 is 0 Å². The molecule has 158 valence electrons. The van der Waals surface area contributed by atoms with Crippen molar-refractivity contribution in [2.75, 3.05) is 13.2 Å². The zero-order valence-electron chi connectivity index (χ0n) is 17.5. The average molecular weight is 408 g/mol. The fourth-order valence-corrected chi connectivity index (χ4v) is 4.35. The van der Waals surface area contributed by atoms with Gasteiger partial charge in [-0.25, -0.2) is 0 Å². The average Bonchev–Trinajstić information content (AvgIpc) is 3.38. The molecule has 3 heterocycles. The lowest BCUT2D eigenvalue weighted by atomic mass is 9.99. The number of para-hydroxylation sites is 1. The number of aromatic amines is 1. The Labute approximate surface area is 176 Å². The van der Waals surface area contributed by atoms with Crippen molar-refractivity contribution in [3.63, 3.8) is 0 Å². The Morgan fingerprint density at radius 3 is 2.87 bits per heavy atom. The third-order valence-corrected chi connectivity index (χ3v) is 6.04. The lowest BCUT2D eigenvalue weighted by molar-refractivity contribution is -0.144. The topological polar surface area (TPSA) is 67.3 Å². The van der Waals surface area contributed by atoms with E-state index in [1.807, 2.05) is 59.2 Å². The molecular formula is C24H29N3O3. The van der Waals surface area contributed by atoms with Crippen molar-refractivity contribution in [2.45, 2.75) is 44.6 Å². The highest BCUT2D eigenvalue weighted by Gasteiger charge is 2.28. The predicted molar refractivity (Wildman–Crippen MR) is 116 cm³/mol. The Morgan fingerprint density at radius 1 is 1.17 bits per heavy atom. The zero-order chi connectivity index (χ0) is 20.9. The number of fused-ring (bicyclic) bond motifs is 1. The number of carbonyl (C=O) groups is 2. The number of nitrogens with zero attached hydrogens (tertiary/aromatic N) is 2. The number of carbonyl (C=O) groups excluding carboxylic acids is 2. The monoisotopic (exact) mass is 407 g/mol. The van der Waals surface area contributed by atoms with Gasteiger partial charge in [0.25, 0.3) is 5.91 Å². The first kappa shape index (κ1) is 20.3. The van der Waals surface area contributed by atoms with Gasteiger partial charge in [-0.3, -0.25) is 9.59 Å². The summed E-state index contributed by atoms with van der Waals surface area (Å²) in [6.45, 7) is 1.12. The van der Waals surface area contributed by atoms with E-state index in [9.17, 15) is 9.59 Å². The van der Waals surface area contributed by atoms with Gasteiger partial charge in [0.05, 0.1) is 6.61 Å². The first-order valence-corrected chi connectivity index (χ1v) is 10.8. The van der Waals surface area contributed by atoms with Crippen LogP contribution in [0.2, 0.25) is 0 Å². The van der Waals surface area contributed by atoms with Crippen molar-refractivity contribution in [2.24, 2.45) is 7.05 Å². The molecule has 30 heavy (non-hydrogen) atoms. The molecule has 0 spiro atoms. The zero-order valence-corrected chi connectivity index (χ0v) is 17.5. The van der Waals surface area contributed by atoms with Crippen LogP contribution >= 0.6 is 0 Å². The molecule has 1 saturated heterocycles. The van der Waals surface area contributed by atoms with Gasteiger partial charge in [-0.15, -0.1) is 0 Å². The maximum absolute atomic E-state index is 12.9. The molecule has 0 saturated carbocycles. The largest absolute Gasteiger partial charge is 0.466 e. The van der Waals surface area contributed by atoms with Gasteiger partial charge in [-0.1, -0.05) is 18.2 Å². The molecule has 1 aromatic carbocycles. The van der Waals surface area contributed by atoms with Crippen LogP contribution in [0, 0.1) is 0 Å². The van der Waals surface area contributed by atoms with Crippen molar-refractivity contribution in [3.8, 4) is 0 Å². The first-order valence-electron chi connectivity index (χ1n) is 10.8. The summed E-state index contributed by atoms with van der Waals surface area (Å²) in [6, 6.07) is 12.0. The molecule has 0 radical (unpaired) electrons. The van der Waals surface area contributed by atoms with E-state index < -0.39 is 0 Å². The fourth-order valence-electron chi connectivity index (χ4n) is 4.35. The van der Waals surface area contributed by atoms with Crippen molar-refractivity contribution >= 4 is 22.8 Å². The first-order chi connectivity index (χ1) is 14.6. The number of aromatic nitrogens is 2.